The molecule has 0 radical (unpaired) electrons. The van der Waals surface area contributed by atoms with Crippen LogP contribution in [0.5, 0.6) is 0 Å². The van der Waals surface area contributed by atoms with E-state index in [-0.39, 0.29) is 11.9 Å². The van der Waals surface area contributed by atoms with Crippen LogP contribution in [0, 0.1) is 5.92 Å². The van der Waals surface area contributed by atoms with Crippen LogP contribution in [-0.2, 0) is 4.74 Å². The zero-order valence-corrected chi connectivity index (χ0v) is 12.6. The highest BCUT2D eigenvalue weighted by Gasteiger charge is 2.42. The predicted octanol–water partition coefficient (Wildman–Crippen LogP) is 1.19. The van der Waals surface area contributed by atoms with Gasteiger partial charge in [0.1, 0.15) is 5.69 Å². The third kappa shape index (κ3) is 2.12. The summed E-state index contributed by atoms with van der Waals surface area (Å²) in [5, 5.41) is 7.89. The van der Waals surface area contributed by atoms with Gasteiger partial charge in [0, 0.05) is 18.7 Å². The first-order valence-electron chi connectivity index (χ1n) is 7.90. The molecule has 0 aromatic carbocycles. The van der Waals surface area contributed by atoms with Gasteiger partial charge in [-0.25, -0.2) is 0 Å². The van der Waals surface area contributed by atoms with Gasteiger partial charge in [0.25, 0.3) is 5.91 Å². The number of fused-ring (bicyclic) bond motifs is 1. The minimum absolute atomic E-state index is 0.000868. The lowest BCUT2D eigenvalue weighted by Gasteiger charge is -2.33. The molecule has 1 aromatic heterocycles. The summed E-state index contributed by atoms with van der Waals surface area (Å²) >= 11 is 0. The Hall–Kier alpha value is -1.56. The lowest BCUT2D eigenvalue weighted by molar-refractivity contribution is 0.0867. The second kappa shape index (κ2) is 4.73. The van der Waals surface area contributed by atoms with Crippen molar-refractivity contribution >= 4 is 11.7 Å². The van der Waals surface area contributed by atoms with Crippen molar-refractivity contribution in [1.82, 2.24) is 15.1 Å². The fourth-order valence-corrected chi connectivity index (χ4v) is 3.61. The van der Waals surface area contributed by atoms with Gasteiger partial charge >= 0.3 is 0 Å². The molecule has 1 aliphatic carbocycles. The minimum atomic E-state index is -0.000868. The van der Waals surface area contributed by atoms with Crippen molar-refractivity contribution in [1.29, 1.82) is 0 Å². The molecule has 3 aliphatic rings. The molecule has 0 unspecified atom stereocenters. The summed E-state index contributed by atoms with van der Waals surface area (Å²) in [6.45, 7) is 6.50. The lowest BCUT2D eigenvalue weighted by Crippen LogP contribution is -2.47. The monoisotopic (exact) mass is 290 g/mol. The zero-order chi connectivity index (χ0) is 14.6. The van der Waals surface area contributed by atoms with Crippen LogP contribution >= 0.6 is 0 Å². The first kappa shape index (κ1) is 13.1. The summed E-state index contributed by atoms with van der Waals surface area (Å²) in [4.78, 5) is 14.5. The molecule has 6 nitrogen and oxygen atoms in total. The van der Waals surface area contributed by atoms with Gasteiger partial charge in [0.15, 0.2) is 5.82 Å². The summed E-state index contributed by atoms with van der Waals surface area (Å²) in [5.74, 6) is 1.57. The first-order valence-corrected chi connectivity index (χ1v) is 7.90. The number of ether oxygens (including phenoxy) is 1. The van der Waals surface area contributed by atoms with E-state index >= 15 is 0 Å². The Labute approximate surface area is 124 Å². The second-order valence-electron chi connectivity index (χ2n) is 6.54. The van der Waals surface area contributed by atoms with Crippen molar-refractivity contribution in [3.63, 3.8) is 0 Å². The SMILES string of the molecule is C[C@@H]1NC(=O)c2cc(N3CCOC[C@H]3C)nn2[C@@H]1C1CC1. The van der Waals surface area contributed by atoms with E-state index in [2.05, 4.69) is 24.1 Å². The van der Waals surface area contributed by atoms with Crippen molar-refractivity contribution in [2.45, 2.75) is 44.8 Å². The van der Waals surface area contributed by atoms with Gasteiger partial charge in [-0.05, 0) is 32.6 Å². The molecule has 4 rings (SSSR count). The molecule has 3 heterocycles. The first-order chi connectivity index (χ1) is 10.1. The van der Waals surface area contributed by atoms with Crippen LogP contribution in [0.1, 0.15) is 43.2 Å². The normalized spacial score (nSPS) is 32.8. The van der Waals surface area contributed by atoms with Crippen molar-refractivity contribution in [2.75, 3.05) is 24.7 Å². The standard InChI is InChI=1S/C15H22N4O2/c1-9-8-21-6-5-18(9)13-7-12-15(20)16-10(2)14(11-3-4-11)19(12)17-13/h7,9-11,14H,3-6,8H2,1-2H3,(H,16,20)/t9-,10+,14+/m1/s1. The van der Waals surface area contributed by atoms with Gasteiger partial charge in [-0.2, -0.15) is 5.10 Å². The van der Waals surface area contributed by atoms with E-state index in [4.69, 9.17) is 9.84 Å². The van der Waals surface area contributed by atoms with Crippen LogP contribution in [0.4, 0.5) is 5.82 Å². The van der Waals surface area contributed by atoms with Crippen molar-refractivity contribution in [3.8, 4) is 0 Å². The highest BCUT2D eigenvalue weighted by molar-refractivity contribution is 5.94. The number of anilines is 1. The Morgan fingerprint density at radius 3 is 2.90 bits per heavy atom. The van der Waals surface area contributed by atoms with E-state index < -0.39 is 0 Å². The maximum atomic E-state index is 12.2. The minimum Gasteiger partial charge on any atom is -0.377 e. The molecule has 1 N–H and O–H groups in total. The van der Waals surface area contributed by atoms with E-state index in [1.165, 1.54) is 12.8 Å². The number of carbonyl (C=O) groups is 1. The van der Waals surface area contributed by atoms with Gasteiger partial charge in [-0.15, -0.1) is 0 Å². The number of aromatic nitrogens is 2. The fraction of sp³-hybridized carbons (Fsp3) is 0.733. The maximum absolute atomic E-state index is 12.2. The van der Waals surface area contributed by atoms with Crippen molar-refractivity contribution < 1.29 is 9.53 Å². The topological polar surface area (TPSA) is 59.4 Å². The molecule has 6 heteroatoms. The molecule has 114 valence electrons. The predicted molar refractivity (Wildman–Crippen MR) is 78.5 cm³/mol. The third-order valence-electron chi connectivity index (χ3n) is 4.88. The van der Waals surface area contributed by atoms with Crippen LogP contribution in [-0.4, -0.2) is 47.5 Å². The summed E-state index contributed by atoms with van der Waals surface area (Å²) in [6, 6.07) is 2.71. The Bertz CT molecular complexity index is 566. The van der Waals surface area contributed by atoms with Crippen molar-refractivity contribution in [3.05, 3.63) is 11.8 Å². The van der Waals surface area contributed by atoms with E-state index in [0.717, 1.165) is 25.6 Å². The molecule has 1 aromatic rings. The molecule has 0 bridgehead atoms. The van der Waals surface area contributed by atoms with Crippen molar-refractivity contribution in [2.24, 2.45) is 5.92 Å². The van der Waals surface area contributed by atoms with Crippen LogP contribution in [0.2, 0.25) is 0 Å². The quantitative estimate of drug-likeness (QED) is 0.889. The van der Waals surface area contributed by atoms with Crippen LogP contribution in [0.25, 0.3) is 0 Å². The molecule has 1 saturated heterocycles. The molecule has 1 saturated carbocycles. The van der Waals surface area contributed by atoms with Gasteiger partial charge in [0.05, 0.1) is 25.3 Å². The van der Waals surface area contributed by atoms with Gasteiger partial charge in [-0.1, -0.05) is 0 Å². The van der Waals surface area contributed by atoms with Crippen LogP contribution < -0.4 is 10.2 Å². The highest BCUT2D eigenvalue weighted by atomic mass is 16.5. The molecule has 3 atom stereocenters. The molecular formula is C15H22N4O2. The summed E-state index contributed by atoms with van der Waals surface area (Å²) in [6.07, 6.45) is 2.49. The molecule has 1 amide bonds. The summed E-state index contributed by atoms with van der Waals surface area (Å²) < 4.78 is 7.47. The molecule has 2 aliphatic heterocycles. The molecule has 2 fully saturated rings. The second-order valence-corrected chi connectivity index (χ2v) is 6.54. The number of carbonyl (C=O) groups excluding carboxylic acids is 1. The Balaban J connectivity index is 1.71. The largest absolute Gasteiger partial charge is 0.377 e. The number of hydrogen-bond acceptors (Lipinski definition) is 4. The number of morpholine rings is 1. The lowest BCUT2D eigenvalue weighted by atomic mass is 10.0. The third-order valence-corrected chi connectivity index (χ3v) is 4.88. The Morgan fingerprint density at radius 2 is 2.19 bits per heavy atom. The fourth-order valence-electron chi connectivity index (χ4n) is 3.61. The van der Waals surface area contributed by atoms with Crippen LogP contribution in [0.3, 0.4) is 0 Å². The van der Waals surface area contributed by atoms with E-state index in [1.807, 2.05) is 10.7 Å². The van der Waals surface area contributed by atoms with E-state index in [9.17, 15) is 4.79 Å². The highest BCUT2D eigenvalue weighted by Crippen LogP contribution is 2.43. The summed E-state index contributed by atoms with van der Waals surface area (Å²) in [7, 11) is 0. The molecule has 0 spiro atoms. The number of nitrogens with one attached hydrogen (secondary N) is 1. The van der Waals surface area contributed by atoms with Gasteiger partial charge < -0.3 is 15.0 Å². The van der Waals surface area contributed by atoms with Gasteiger partial charge in [-0.3, -0.25) is 9.48 Å². The number of nitrogens with zero attached hydrogens (tertiary/aromatic N) is 3. The zero-order valence-electron chi connectivity index (χ0n) is 12.6. The molecular weight excluding hydrogens is 268 g/mol. The number of rotatable bonds is 2. The van der Waals surface area contributed by atoms with E-state index in [1.54, 1.807) is 0 Å². The number of hydrogen-bond donors (Lipinski definition) is 1. The number of amides is 1. The Morgan fingerprint density at radius 1 is 1.38 bits per heavy atom. The average Bonchev–Trinajstić information content (AvgIpc) is 3.17. The molecule has 21 heavy (non-hydrogen) atoms. The van der Waals surface area contributed by atoms with Crippen LogP contribution in [0.15, 0.2) is 6.07 Å². The average molecular weight is 290 g/mol. The van der Waals surface area contributed by atoms with Gasteiger partial charge in [0.2, 0.25) is 0 Å². The Kier molecular flexibility index (Phi) is 2.96. The summed E-state index contributed by atoms with van der Waals surface area (Å²) in [5.41, 5.74) is 0.707. The smallest absolute Gasteiger partial charge is 0.269 e. The maximum Gasteiger partial charge on any atom is 0.269 e. The van der Waals surface area contributed by atoms with E-state index in [0.29, 0.717) is 23.7 Å².